The van der Waals surface area contributed by atoms with Gasteiger partial charge in [0, 0.05) is 36.9 Å². The van der Waals surface area contributed by atoms with Crippen LogP contribution in [0.5, 0.6) is 0 Å². The molecule has 1 N–H and O–H groups in total. The molecular formula is C21H22FN3O. The molecule has 0 saturated carbocycles. The Bertz CT molecular complexity index is 818. The first kappa shape index (κ1) is 18.1. The van der Waals surface area contributed by atoms with Crippen LogP contribution >= 0.6 is 0 Å². The van der Waals surface area contributed by atoms with Crippen LogP contribution in [0.3, 0.4) is 0 Å². The molecule has 3 rings (SSSR count). The number of anilines is 1. The lowest BCUT2D eigenvalue weighted by molar-refractivity contribution is 0.101. The molecule has 0 aliphatic carbocycles. The number of hydrogen-bond acceptors (Lipinski definition) is 4. The Kier molecular flexibility index (Phi) is 5.65. The topological polar surface area (TPSA) is 56.1 Å². The van der Waals surface area contributed by atoms with Gasteiger partial charge in [-0.25, -0.2) is 4.39 Å². The van der Waals surface area contributed by atoms with Gasteiger partial charge in [-0.3, -0.25) is 9.69 Å². The number of nitrogens with zero attached hydrogens (tertiary/aromatic N) is 2. The van der Waals surface area contributed by atoms with Gasteiger partial charge in [-0.05, 0) is 55.7 Å². The Hall–Kier alpha value is -2.71. The monoisotopic (exact) mass is 351 g/mol. The first-order valence-electron chi connectivity index (χ1n) is 8.83. The molecular weight excluding hydrogens is 329 g/mol. The summed E-state index contributed by atoms with van der Waals surface area (Å²) in [4.78, 5) is 14.2. The van der Waals surface area contributed by atoms with E-state index in [1.807, 2.05) is 12.1 Å². The fraction of sp³-hybridized carbons (Fsp3) is 0.333. The van der Waals surface area contributed by atoms with Crippen LogP contribution in [0.4, 0.5) is 10.1 Å². The number of halogens is 1. The number of carbonyl (C=O) groups is 1. The molecule has 2 aromatic rings. The van der Waals surface area contributed by atoms with Gasteiger partial charge in [0.05, 0.1) is 11.6 Å². The highest BCUT2D eigenvalue weighted by molar-refractivity contribution is 5.99. The van der Waals surface area contributed by atoms with E-state index in [2.05, 4.69) is 16.3 Å². The van der Waals surface area contributed by atoms with E-state index < -0.39 is 0 Å². The highest BCUT2D eigenvalue weighted by atomic mass is 19.1. The number of nitrogens with one attached hydrogen (secondary N) is 1. The van der Waals surface area contributed by atoms with E-state index in [0.717, 1.165) is 43.7 Å². The van der Waals surface area contributed by atoms with Crippen molar-refractivity contribution in [2.45, 2.75) is 32.4 Å². The van der Waals surface area contributed by atoms with Crippen LogP contribution in [0.2, 0.25) is 0 Å². The zero-order chi connectivity index (χ0) is 18.5. The molecule has 1 saturated heterocycles. The van der Waals surface area contributed by atoms with Crippen molar-refractivity contribution in [2.24, 2.45) is 0 Å². The highest BCUT2D eigenvalue weighted by Gasteiger charge is 2.20. The molecule has 0 aromatic heterocycles. The summed E-state index contributed by atoms with van der Waals surface area (Å²) in [7, 11) is 0. The maximum absolute atomic E-state index is 13.0. The molecule has 1 fully saturated rings. The minimum atomic E-state index is -0.211. The summed E-state index contributed by atoms with van der Waals surface area (Å²) in [6.07, 6.45) is 1.91. The first-order chi connectivity index (χ1) is 12.5. The van der Waals surface area contributed by atoms with Crippen LogP contribution in [0.25, 0.3) is 0 Å². The van der Waals surface area contributed by atoms with Crippen molar-refractivity contribution in [3.63, 3.8) is 0 Å². The van der Waals surface area contributed by atoms with Gasteiger partial charge in [0.15, 0.2) is 5.78 Å². The summed E-state index contributed by atoms with van der Waals surface area (Å²) in [6, 6.07) is 14.2. The average molecular weight is 351 g/mol. The summed E-state index contributed by atoms with van der Waals surface area (Å²) in [6.45, 7) is 4.22. The minimum absolute atomic E-state index is 0.00858. The number of hydrogen-bond donors (Lipinski definition) is 1. The van der Waals surface area contributed by atoms with Crippen molar-refractivity contribution in [3.05, 3.63) is 65.0 Å². The standard InChI is InChI=1S/C21H22FN3O/c1-15(26)20-7-4-17(13-23)12-21(20)24-19-8-10-25(11-9-19)14-16-2-5-18(22)6-3-16/h2-7,12,19,24H,8-11,14H2,1H3. The Balaban J connectivity index is 1.59. The van der Waals surface area contributed by atoms with E-state index >= 15 is 0 Å². The Labute approximate surface area is 153 Å². The van der Waals surface area contributed by atoms with E-state index in [1.165, 1.54) is 19.1 Å². The van der Waals surface area contributed by atoms with E-state index in [1.54, 1.807) is 18.2 Å². The molecule has 134 valence electrons. The molecule has 4 nitrogen and oxygen atoms in total. The number of piperidine rings is 1. The quantitative estimate of drug-likeness (QED) is 0.828. The summed E-state index contributed by atoms with van der Waals surface area (Å²) < 4.78 is 13.0. The van der Waals surface area contributed by atoms with Gasteiger partial charge in [-0.1, -0.05) is 12.1 Å². The molecule has 0 spiro atoms. The number of carbonyl (C=O) groups excluding carboxylic acids is 1. The predicted molar refractivity (Wildman–Crippen MR) is 99.5 cm³/mol. The van der Waals surface area contributed by atoms with Gasteiger partial charge in [0.2, 0.25) is 0 Å². The molecule has 0 bridgehead atoms. The van der Waals surface area contributed by atoms with Crippen molar-refractivity contribution in [1.29, 1.82) is 5.26 Å². The lowest BCUT2D eigenvalue weighted by atomic mass is 10.0. The first-order valence-corrected chi connectivity index (χ1v) is 8.83. The molecule has 26 heavy (non-hydrogen) atoms. The third-order valence-electron chi connectivity index (χ3n) is 4.79. The number of likely N-dealkylation sites (tertiary alicyclic amines) is 1. The van der Waals surface area contributed by atoms with Gasteiger partial charge in [0.1, 0.15) is 5.82 Å². The summed E-state index contributed by atoms with van der Waals surface area (Å²) in [5.74, 6) is -0.219. The Morgan fingerprint density at radius 3 is 2.54 bits per heavy atom. The minimum Gasteiger partial charge on any atom is -0.382 e. The van der Waals surface area contributed by atoms with Crippen LogP contribution in [0.1, 0.15) is 41.3 Å². The second kappa shape index (κ2) is 8.11. The molecule has 1 aliphatic heterocycles. The smallest absolute Gasteiger partial charge is 0.161 e. The molecule has 0 radical (unpaired) electrons. The fourth-order valence-electron chi connectivity index (χ4n) is 3.34. The zero-order valence-corrected chi connectivity index (χ0v) is 14.8. The van der Waals surface area contributed by atoms with Gasteiger partial charge >= 0.3 is 0 Å². The van der Waals surface area contributed by atoms with Crippen molar-refractivity contribution < 1.29 is 9.18 Å². The lowest BCUT2D eigenvalue weighted by Crippen LogP contribution is -2.38. The van der Waals surface area contributed by atoms with E-state index in [4.69, 9.17) is 5.26 Å². The van der Waals surface area contributed by atoms with Crippen molar-refractivity contribution in [1.82, 2.24) is 4.90 Å². The van der Waals surface area contributed by atoms with Gasteiger partial charge in [-0.2, -0.15) is 5.26 Å². The number of rotatable bonds is 5. The molecule has 2 aromatic carbocycles. The van der Waals surface area contributed by atoms with E-state index in [0.29, 0.717) is 11.1 Å². The molecule has 0 amide bonds. The Morgan fingerprint density at radius 2 is 1.92 bits per heavy atom. The summed E-state index contributed by atoms with van der Waals surface area (Å²) >= 11 is 0. The second-order valence-corrected chi connectivity index (χ2v) is 6.75. The Morgan fingerprint density at radius 1 is 1.23 bits per heavy atom. The summed E-state index contributed by atoms with van der Waals surface area (Å²) in [5.41, 5.74) is 3.02. The maximum Gasteiger partial charge on any atom is 0.161 e. The van der Waals surface area contributed by atoms with Crippen LogP contribution in [-0.2, 0) is 6.54 Å². The summed E-state index contributed by atoms with van der Waals surface area (Å²) in [5, 5.41) is 12.5. The molecule has 1 aliphatic rings. The van der Waals surface area contributed by atoms with Crippen LogP contribution in [0.15, 0.2) is 42.5 Å². The normalized spacial score (nSPS) is 15.4. The SMILES string of the molecule is CC(=O)c1ccc(C#N)cc1NC1CCN(Cc2ccc(F)cc2)CC1. The molecule has 1 heterocycles. The van der Waals surface area contributed by atoms with Gasteiger partial charge in [-0.15, -0.1) is 0 Å². The second-order valence-electron chi connectivity index (χ2n) is 6.75. The van der Waals surface area contributed by atoms with Crippen molar-refractivity contribution in [2.75, 3.05) is 18.4 Å². The van der Waals surface area contributed by atoms with Crippen molar-refractivity contribution >= 4 is 11.5 Å². The molecule has 5 heteroatoms. The largest absolute Gasteiger partial charge is 0.382 e. The predicted octanol–water partition coefficient (Wildman–Crippen LogP) is 3.98. The number of ketones is 1. The maximum atomic E-state index is 13.0. The number of benzene rings is 2. The molecule has 0 atom stereocenters. The highest BCUT2D eigenvalue weighted by Crippen LogP contribution is 2.23. The van der Waals surface area contributed by atoms with Crippen LogP contribution in [0, 0.1) is 17.1 Å². The fourth-order valence-corrected chi connectivity index (χ4v) is 3.34. The average Bonchev–Trinajstić information content (AvgIpc) is 2.65. The zero-order valence-electron chi connectivity index (χ0n) is 14.8. The lowest BCUT2D eigenvalue weighted by Gasteiger charge is -2.33. The van der Waals surface area contributed by atoms with Gasteiger partial charge in [0.25, 0.3) is 0 Å². The molecule has 0 unspecified atom stereocenters. The van der Waals surface area contributed by atoms with E-state index in [-0.39, 0.29) is 17.6 Å². The number of Topliss-reactive ketones (excluding diaryl/α,β-unsaturated/α-hetero) is 1. The third kappa shape index (κ3) is 4.47. The number of nitriles is 1. The van der Waals surface area contributed by atoms with Crippen LogP contribution in [-0.4, -0.2) is 29.8 Å². The van der Waals surface area contributed by atoms with E-state index in [9.17, 15) is 9.18 Å². The van der Waals surface area contributed by atoms with Gasteiger partial charge < -0.3 is 5.32 Å². The van der Waals surface area contributed by atoms with Crippen molar-refractivity contribution in [3.8, 4) is 6.07 Å². The third-order valence-corrected chi connectivity index (χ3v) is 4.79. The van der Waals surface area contributed by atoms with Crippen LogP contribution < -0.4 is 5.32 Å².